The Morgan fingerprint density at radius 1 is 1.15 bits per heavy atom. The first kappa shape index (κ1) is 21.0. The number of ether oxygens (including phenoxy) is 2. The van der Waals surface area contributed by atoms with Crippen LogP contribution in [0, 0.1) is 0 Å². The first-order valence-electron chi connectivity index (χ1n) is 9.01. The van der Waals surface area contributed by atoms with Gasteiger partial charge in [-0.15, -0.1) is 11.3 Å². The third-order valence-corrected chi connectivity index (χ3v) is 4.67. The van der Waals surface area contributed by atoms with Crippen molar-refractivity contribution < 1.29 is 19.1 Å². The Bertz CT molecular complexity index is 801. The zero-order valence-corrected chi connectivity index (χ0v) is 17.5. The van der Waals surface area contributed by atoms with E-state index in [4.69, 9.17) is 9.47 Å². The summed E-state index contributed by atoms with van der Waals surface area (Å²) in [6.45, 7) is 11.6. The molecule has 0 atom stereocenters. The van der Waals surface area contributed by atoms with E-state index in [1.54, 1.807) is 27.7 Å². The van der Waals surface area contributed by atoms with Crippen molar-refractivity contribution in [2.24, 2.45) is 0 Å². The summed E-state index contributed by atoms with van der Waals surface area (Å²) in [5.74, 6) is -0.0387. The summed E-state index contributed by atoms with van der Waals surface area (Å²) >= 11 is 1.28. The van der Waals surface area contributed by atoms with E-state index in [-0.39, 0.29) is 6.61 Å². The first-order valence-corrected chi connectivity index (χ1v) is 9.89. The molecule has 0 aliphatic rings. The number of nitrogens with one attached hydrogen (secondary N) is 1. The SMILES string of the molecule is CCOC(=O)c1c(-c2ccc(C(C)C)cc2)csc1NC(=O)OC(C)(C)C. The van der Waals surface area contributed by atoms with Gasteiger partial charge in [-0.2, -0.15) is 0 Å². The topological polar surface area (TPSA) is 64.6 Å². The normalized spacial score (nSPS) is 11.4. The number of carbonyl (C=O) groups is 2. The minimum atomic E-state index is -0.624. The van der Waals surface area contributed by atoms with Gasteiger partial charge in [0.05, 0.1) is 6.61 Å². The summed E-state index contributed by atoms with van der Waals surface area (Å²) in [7, 11) is 0. The predicted molar refractivity (Wildman–Crippen MR) is 110 cm³/mol. The molecular weight excluding hydrogens is 362 g/mol. The maximum absolute atomic E-state index is 12.6. The highest BCUT2D eigenvalue weighted by Crippen LogP contribution is 2.37. The van der Waals surface area contributed by atoms with E-state index < -0.39 is 17.7 Å². The van der Waals surface area contributed by atoms with Crippen molar-refractivity contribution >= 4 is 28.4 Å². The Morgan fingerprint density at radius 2 is 1.78 bits per heavy atom. The van der Waals surface area contributed by atoms with Crippen molar-refractivity contribution in [1.82, 2.24) is 0 Å². The van der Waals surface area contributed by atoms with Crippen LogP contribution in [-0.2, 0) is 9.47 Å². The van der Waals surface area contributed by atoms with Gasteiger partial charge < -0.3 is 9.47 Å². The minimum Gasteiger partial charge on any atom is -0.462 e. The van der Waals surface area contributed by atoms with Crippen LogP contribution in [0.4, 0.5) is 9.80 Å². The fraction of sp³-hybridized carbons (Fsp3) is 0.429. The van der Waals surface area contributed by atoms with Gasteiger partial charge in [-0.1, -0.05) is 38.1 Å². The summed E-state index contributed by atoms with van der Waals surface area (Å²) < 4.78 is 10.5. The second-order valence-electron chi connectivity index (χ2n) is 7.48. The van der Waals surface area contributed by atoms with E-state index in [1.807, 2.05) is 29.6 Å². The average Bonchev–Trinajstić information content (AvgIpc) is 2.96. The van der Waals surface area contributed by atoms with Gasteiger partial charge in [-0.25, -0.2) is 9.59 Å². The van der Waals surface area contributed by atoms with Gasteiger partial charge in [-0.3, -0.25) is 5.32 Å². The average molecular weight is 390 g/mol. The van der Waals surface area contributed by atoms with E-state index in [9.17, 15) is 9.59 Å². The number of thiophene rings is 1. The van der Waals surface area contributed by atoms with E-state index in [2.05, 4.69) is 19.2 Å². The Morgan fingerprint density at radius 3 is 2.30 bits per heavy atom. The summed E-state index contributed by atoms with van der Waals surface area (Å²) in [6.07, 6.45) is -0.600. The molecule has 5 nitrogen and oxygen atoms in total. The fourth-order valence-corrected chi connectivity index (χ4v) is 3.46. The number of carbonyl (C=O) groups excluding carboxylic acids is 2. The van der Waals surface area contributed by atoms with Crippen molar-refractivity contribution in [2.45, 2.75) is 53.1 Å². The number of esters is 1. The summed E-state index contributed by atoms with van der Waals surface area (Å²) in [6, 6.07) is 8.07. The molecule has 1 heterocycles. The van der Waals surface area contributed by atoms with Crippen molar-refractivity contribution in [3.05, 3.63) is 40.8 Å². The van der Waals surface area contributed by atoms with Crippen molar-refractivity contribution in [3.8, 4) is 11.1 Å². The monoisotopic (exact) mass is 389 g/mol. The van der Waals surface area contributed by atoms with Crippen LogP contribution in [0.1, 0.15) is 63.4 Å². The number of amides is 1. The number of rotatable bonds is 5. The lowest BCUT2D eigenvalue weighted by atomic mass is 9.98. The van der Waals surface area contributed by atoms with Crippen LogP contribution in [0.5, 0.6) is 0 Å². The molecule has 6 heteroatoms. The van der Waals surface area contributed by atoms with Gasteiger partial charge in [0.1, 0.15) is 16.2 Å². The Kier molecular flexibility index (Phi) is 6.65. The van der Waals surface area contributed by atoms with Gasteiger partial charge in [0, 0.05) is 10.9 Å². The molecule has 27 heavy (non-hydrogen) atoms. The lowest BCUT2D eigenvalue weighted by Crippen LogP contribution is -2.27. The van der Waals surface area contributed by atoms with Gasteiger partial charge in [-0.05, 0) is 44.7 Å². The van der Waals surface area contributed by atoms with Crippen LogP contribution >= 0.6 is 11.3 Å². The van der Waals surface area contributed by atoms with Gasteiger partial charge in [0.2, 0.25) is 0 Å². The first-order chi connectivity index (χ1) is 12.6. The molecule has 2 aromatic rings. The summed E-state index contributed by atoms with van der Waals surface area (Å²) in [5, 5.41) is 4.96. The van der Waals surface area contributed by atoms with Gasteiger partial charge in [0.25, 0.3) is 0 Å². The van der Waals surface area contributed by atoms with E-state index >= 15 is 0 Å². The summed E-state index contributed by atoms with van der Waals surface area (Å²) in [5.41, 5.74) is 2.58. The van der Waals surface area contributed by atoms with Crippen LogP contribution < -0.4 is 5.32 Å². The molecule has 1 N–H and O–H groups in total. The lowest BCUT2D eigenvalue weighted by Gasteiger charge is -2.19. The predicted octanol–water partition coefficient (Wildman–Crippen LogP) is 6.06. The largest absolute Gasteiger partial charge is 0.462 e. The zero-order chi connectivity index (χ0) is 20.2. The third kappa shape index (κ3) is 5.57. The maximum atomic E-state index is 12.6. The molecule has 1 amide bonds. The molecule has 0 radical (unpaired) electrons. The van der Waals surface area contributed by atoms with Gasteiger partial charge in [0.15, 0.2) is 0 Å². The molecule has 1 aromatic carbocycles. The fourth-order valence-electron chi connectivity index (χ4n) is 2.51. The lowest BCUT2D eigenvalue weighted by molar-refractivity contribution is 0.0529. The maximum Gasteiger partial charge on any atom is 0.412 e. The highest BCUT2D eigenvalue weighted by molar-refractivity contribution is 7.15. The molecule has 2 rings (SSSR count). The number of benzene rings is 1. The smallest absolute Gasteiger partial charge is 0.412 e. The Balaban J connectivity index is 2.39. The molecule has 1 aromatic heterocycles. The van der Waals surface area contributed by atoms with Crippen LogP contribution in [0.2, 0.25) is 0 Å². The molecule has 0 aliphatic carbocycles. The second kappa shape index (κ2) is 8.57. The second-order valence-corrected chi connectivity index (χ2v) is 8.36. The van der Waals surface area contributed by atoms with E-state index in [0.29, 0.717) is 16.5 Å². The van der Waals surface area contributed by atoms with Gasteiger partial charge >= 0.3 is 12.1 Å². The van der Waals surface area contributed by atoms with Crippen molar-refractivity contribution in [1.29, 1.82) is 0 Å². The molecule has 0 spiro atoms. The molecule has 0 bridgehead atoms. The Labute approximate surface area is 164 Å². The van der Waals surface area contributed by atoms with Crippen LogP contribution in [-0.4, -0.2) is 24.3 Å². The quantitative estimate of drug-likeness (QED) is 0.631. The Hall–Kier alpha value is -2.34. The van der Waals surface area contributed by atoms with E-state index in [1.165, 1.54) is 16.9 Å². The highest BCUT2D eigenvalue weighted by atomic mass is 32.1. The minimum absolute atomic E-state index is 0.256. The zero-order valence-electron chi connectivity index (χ0n) is 16.7. The standard InChI is InChI=1S/C21H27NO4S/c1-7-25-19(23)17-16(15-10-8-14(9-11-15)13(2)3)12-27-18(17)22-20(24)26-21(4,5)6/h8-13H,7H2,1-6H3,(H,22,24). The molecular formula is C21H27NO4S. The summed E-state index contributed by atoms with van der Waals surface area (Å²) in [4.78, 5) is 24.7. The highest BCUT2D eigenvalue weighted by Gasteiger charge is 2.24. The number of anilines is 1. The van der Waals surface area contributed by atoms with Crippen molar-refractivity contribution in [3.63, 3.8) is 0 Å². The molecule has 0 saturated heterocycles. The third-order valence-electron chi connectivity index (χ3n) is 3.77. The molecule has 0 saturated carbocycles. The number of hydrogen-bond donors (Lipinski definition) is 1. The van der Waals surface area contributed by atoms with Crippen LogP contribution in [0.15, 0.2) is 29.6 Å². The number of hydrogen-bond acceptors (Lipinski definition) is 5. The van der Waals surface area contributed by atoms with Crippen molar-refractivity contribution in [2.75, 3.05) is 11.9 Å². The van der Waals surface area contributed by atoms with Crippen LogP contribution in [0.3, 0.4) is 0 Å². The molecule has 0 unspecified atom stereocenters. The molecule has 146 valence electrons. The molecule has 0 aliphatic heterocycles. The molecule has 0 fully saturated rings. The van der Waals surface area contributed by atoms with E-state index in [0.717, 1.165) is 11.1 Å². The van der Waals surface area contributed by atoms with Crippen LogP contribution in [0.25, 0.3) is 11.1 Å².